The first-order valence-corrected chi connectivity index (χ1v) is 9.69. The number of nitro groups is 1. The van der Waals surface area contributed by atoms with Crippen LogP contribution in [0.2, 0.25) is 0 Å². The summed E-state index contributed by atoms with van der Waals surface area (Å²) in [5.41, 5.74) is -0.617. The van der Waals surface area contributed by atoms with E-state index in [1.807, 2.05) is 6.26 Å². The van der Waals surface area contributed by atoms with Gasteiger partial charge in [0.15, 0.2) is 0 Å². The van der Waals surface area contributed by atoms with Gasteiger partial charge in [0.1, 0.15) is 6.61 Å². The Balaban J connectivity index is 2.53. The third-order valence-corrected chi connectivity index (χ3v) is 5.09. The van der Waals surface area contributed by atoms with Crippen molar-refractivity contribution in [2.75, 3.05) is 18.6 Å². The minimum absolute atomic E-state index is 0.0401. The lowest BCUT2D eigenvalue weighted by Crippen LogP contribution is -2.54. The van der Waals surface area contributed by atoms with Gasteiger partial charge in [0, 0.05) is 35.5 Å². The van der Waals surface area contributed by atoms with Gasteiger partial charge < -0.3 is 15.2 Å². The van der Waals surface area contributed by atoms with Crippen LogP contribution in [0, 0.1) is 16.0 Å². The molecule has 0 saturated heterocycles. The predicted octanol–water partition coefficient (Wildman–Crippen LogP) is 2.55. The van der Waals surface area contributed by atoms with Gasteiger partial charge in [-0.1, -0.05) is 12.1 Å². The molecule has 2 unspecified atom stereocenters. The topological polar surface area (TPSA) is 119 Å². The van der Waals surface area contributed by atoms with Crippen molar-refractivity contribution >= 4 is 29.4 Å². The standard InChI is InChI=1S/C18H22N2O6S/c1-18(2)15(17(23)26-7-8-27-3)14(13(10-19-18)16(21)22)11-5-4-6-12(9-11)20(24)25/h4-6,9-10,14-15,19H,7-8H2,1-3H3,(H,21,22). The zero-order valence-corrected chi connectivity index (χ0v) is 16.1. The largest absolute Gasteiger partial charge is 0.478 e. The second kappa shape index (κ2) is 8.43. The van der Waals surface area contributed by atoms with E-state index in [9.17, 15) is 24.8 Å². The van der Waals surface area contributed by atoms with E-state index in [2.05, 4.69) is 5.32 Å². The predicted molar refractivity (Wildman–Crippen MR) is 102 cm³/mol. The van der Waals surface area contributed by atoms with Gasteiger partial charge in [0.2, 0.25) is 0 Å². The Morgan fingerprint density at radius 1 is 1.41 bits per heavy atom. The molecule has 2 atom stereocenters. The second-order valence-electron chi connectivity index (χ2n) is 6.74. The highest BCUT2D eigenvalue weighted by atomic mass is 32.2. The number of non-ortho nitro benzene ring substituents is 1. The van der Waals surface area contributed by atoms with Gasteiger partial charge in [-0.15, -0.1) is 0 Å². The number of hydrogen-bond acceptors (Lipinski definition) is 7. The highest BCUT2D eigenvalue weighted by molar-refractivity contribution is 7.98. The van der Waals surface area contributed by atoms with Crippen LogP contribution in [0.1, 0.15) is 25.3 Å². The van der Waals surface area contributed by atoms with Gasteiger partial charge in [0.05, 0.1) is 16.4 Å². The van der Waals surface area contributed by atoms with Gasteiger partial charge in [-0.05, 0) is 25.7 Å². The molecule has 0 saturated carbocycles. The van der Waals surface area contributed by atoms with E-state index in [1.54, 1.807) is 19.9 Å². The summed E-state index contributed by atoms with van der Waals surface area (Å²) in [4.78, 5) is 35.2. The first-order chi connectivity index (χ1) is 12.7. The lowest BCUT2D eigenvalue weighted by atomic mass is 9.69. The van der Waals surface area contributed by atoms with Crippen molar-refractivity contribution in [1.82, 2.24) is 5.32 Å². The van der Waals surface area contributed by atoms with Crippen LogP contribution in [0.4, 0.5) is 5.69 Å². The summed E-state index contributed by atoms with van der Waals surface area (Å²) in [5, 5.41) is 23.7. The number of ether oxygens (including phenoxy) is 1. The van der Waals surface area contributed by atoms with E-state index >= 15 is 0 Å². The smallest absolute Gasteiger partial charge is 0.333 e. The number of carbonyl (C=O) groups excluding carboxylic acids is 1. The number of thioether (sulfide) groups is 1. The maximum atomic E-state index is 12.8. The number of carbonyl (C=O) groups is 2. The molecular formula is C18H22N2O6S. The van der Waals surface area contributed by atoms with Gasteiger partial charge in [-0.2, -0.15) is 11.8 Å². The summed E-state index contributed by atoms with van der Waals surface area (Å²) in [6.45, 7) is 3.75. The number of nitrogens with one attached hydrogen (secondary N) is 1. The number of benzene rings is 1. The van der Waals surface area contributed by atoms with E-state index < -0.39 is 34.2 Å². The molecule has 1 aliphatic rings. The van der Waals surface area contributed by atoms with Gasteiger partial charge in [-0.25, -0.2) is 4.79 Å². The summed E-state index contributed by atoms with van der Waals surface area (Å²) in [7, 11) is 0. The highest BCUT2D eigenvalue weighted by Crippen LogP contribution is 2.42. The second-order valence-corrected chi connectivity index (χ2v) is 7.72. The maximum absolute atomic E-state index is 12.8. The molecular weight excluding hydrogens is 372 g/mol. The van der Waals surface area contributed by atoms with Crippen LogP contribution in [0.25, 0.3) is 0 Å². The molecule has 1 aromatic rings. The fourth-order valence-electron chi connectivity index (χ4n) is 3.18. The molecule has 1 aliphatic heterocycles. The molecule has 1 aromatic carbocycles. The Morgan fingerprint density at radius 3 is 2.70 bits per heavy atom. The Labute approximate surface area is 161 Å². The molecule has 2 N–H and O–H groups in total. The molecule has 0 amide bonds. The van der Waals surface area contributed by atoms with E-state index in [-0.39, 0.29) is 17.9 Å². The minimum Gasteiger partial charge on any atom is -0.478 e. The first-order valence-electron chi connectivity index (χ1n) is 8.30. The number of carboxylic acids is 1. The zero-order chi connectivity index (χ0) is 20.2. The molecule has 146 valence electrons. The Kier molecular flexibility index (Phi) is 6.48. The van der Waals surface area contributed by atoms with E-state index in [4.69, 9.17) is 4.74 Å². The van der Waals surface area contributed by atoms with E-state index in [0.717, 1.165) is 0 Å². The average molecular weight is 394 g/mol. The minimum atomic E-state index is -1.20. The molecule has 9 heteroatoms. The van der Waals surface area contributed by atoms with Crippen LogP contribution < -0.4 is 5.32 Å². The van der Waals surface area contributed by atoms with Crippen molar-refractivity contribution < 1.29 is 24.4 Å². The molecule has 27 heavy (non-hydrogen) atoms. The summed E-state index contributed by atoms with van der Waals surface area (Å²) < 4.78 is 5.36. The number of carboxylic acid groups (broad SMARTS) is 1. The summed E-state index contributed by atoms with van der Waals surface area (Å²) in [6.07, 6.45) is 3.24. The Hall–Kier alpha value is -2.55. The number of rotatable bonds is 7. The number of aliphatic carboxylic acids is 1. The first kappa shape index (κ1) is 20.8. The zero-order valence-electron chi connectivity index (χ0n) is 15.3. The van der Waals surface area contributed by atoms with Crippen LogP contribution in [0.3, 0.4) is 0 Å². The lowest BCUT2D eigenvalue weighted by molar-refractivity contribution is -0.384. The third-order valence-electron chi connectivity index (χ3n) is 4.52. The molecule has 0 aromatic heterocycles. The number of nitrogens with zero attached hydrogens (tertiary/aromatic N) is 1. The normalized spacial score (nSPS) is 20.9. The number of nitro benzene ring substituents is 1. The van der Waals surface area contributed by atoms with Crippen LogP contribution in [-0.2, 0) is 14.3 Å². The number of esters is 1. The van der Waals surface area contributed by atoms with Crippen molar-refractivity contribution in [3.63, 3.8) is 0 Å². The van der Waals surface area contributed by atoms with Crippen molar-refractivity contribution in [3.05, 3.63) is 51.7 Å². The van der Waals surface area contributed by atoms with Crippen molar-refractivity contribution in [2.45, 2.75) is 25.3 Å². The van der Waals surface area contributed by atoms with Crippen LogP contribution >= 0.6 is 11.8 Å². The van der Waals surface area contributed by atoms with Gasteiger partial charge in [0.25, 0.3) is 5.69 Å². The van der Waals surface area contributed by atoms with Crippen LogP contribution in [0.15, 0.2) is 36.0 Å². The quantitative estimate of drug-likeness (QED) is 0.313. The van der Waals surface area contributed by atoms with Crippen molar-refractivity contribution in [1.29, 1.82) is 0 Å². The molecule has 8 nitrogen and oxygen atoms in total. The van der Waals surface area contributed by atoms with E-state index in [0.29, 0.717) is 11.3 Å². The Morgan fingerprint density at radius 2 is 2.11 bits per heavy atom. The molecule has 0 fully saturated rings. The monoisotopic (exact) mass is 394 g/mol. The molecule has 0 spiro atoms. The maximum Gasteiger partial charge on any atom is 0.333 e. The van der Waals surface area contributed by atoms with Gasteiger partial charge in [-0.3, -0.25) is 14.9 Å². The number of hydrogen-bond donors (Lipinski definition) is 2. The van der Waals surface area contributed by atoms with Crippen LogP contribution in [0.5, 0.6) is 0 Å². The molecule has 0 radical (unpaired) electrons. The third kappa shape index (κ3) is 4.60. The van der Waals surface area contributed by atoms with Crippen LogP contribution in [-0.4, -0.2) is 46.1 Å². The SMILES string of the molecule is CSCCOC(=O)C1C(c2cccc([N+](=O)[O-])c2)C(C(=O)O)=CNC1(C)C. The summed E-state index contributed by atoms with van der Waals surface area (Å²) in [5.74, 6) is -2.85. The fraction of sp³-hybridized carbons (Fsp3) is 0.444. The molecule has 1 heterocycles. The van der Waals surface area contributed by atoms with Gasteiger partial charge >= 0.3 is 11.9 Å². The molecule has 2 rings (SSSR count). The van der Waals surface area contributed by atoms with E-state index in [1.165, 1.54) is 36.2 Å². The highest BCUT2D eigenvalue weighted by Gasteiger charge is 2.48. The average Bonchev–Trinajstić information content (AvgIpc) is 2.60. The summed E-state index contributed by atoms with van der Waals surface area (Å²) >= 11 is 1.52. The fourth-order valence-corrected chi connectivity index (χ4v) is 3.43. The van der Waals surface area contributed by atoms with Crippen molar-refractivity contribution in [2.24, 2.45) is 5.92 Å². The Bertz CT molecular complexity index is 777. The summed E-state index contributed by atoms with van der Waals surface area (Å²) in [6, 6.07) is 5.72. The molecule has 0 aliphatic carbocycles. The lowest BCUT2D eigenvalue weighted by Gasteiger charge is -2.42. The van der Waals surface area contributed by atoms with Crippen molar-refractivity contribution in [3.8, 4) is 0 Å². The molecule has 0 bridgehead atoms.